The molecule has 9 atom stereocenters. The number of oxime groups is 1. The summed E-state index contributed by atoms with van der Waals surface area (Å²) in [5, 5.41) is 14.0. The number of fused-ring (bicyclic) bond motifs is 5. The molecule has 0 amide bonds. The maximum absolute atomic E-state index is 11.6. The van der Waals surface area contributed by atoms with Crippen molar-refractivity contribution in [2.45, 2.75) is 118 Å². The average Bonchev–Trinajstić information content (AvgIpc) is 3.10. The fourth-order valence-corrected chi connectivity index (χ4v) is 9.51. The fourth-order valence-electron chi connectivity index (χ4n) is 9.51. The SMILES string of the molecule is CC(=O)O[C@H]1CC[C@@]2(C)[C@H](C1)/C(=N\O)C[C@@H]1[C@@H]2CC[C@]2(C)[C@@H]([C@H](C)CCCC(C)C)CC[C@@H]12. The molecule has 4 aliphatic carbocycles. The van der Waals surface area contributed by atoms with Crippen molar-refractivity contribution in [3.05, 3.63) is 0 Å². The van der Waals surface area contributed by atoms with E-state index >= 15 is 0 Å². The number of nitrogens with zero attached hydrogens (tertiary/aromatic N) is 1. The molecular formula is C29H49NO3. The van der Waals surface area contributed by atoms with Crippen LogP contribution in [0.15, 0.2) is 5.16 Å². The second kappa shape index (κ2) is 9.53. The lowest BCUT2D eigenvalue weighted by atomic mass is 9.44. The third-order valence-electron chi connectivity index (χ3n) is 11.1. The molecule has 4 fully saturated rings. The molecule has 0 aliphatic heterocycles. The third-order valence-corrected chi connectivity index (χ3v) is 11.1. The predicted molar refractivity (Wildman–Crippen MR) is 133 cm³/mol. The molecule has 4 saturated carbocycles. The van der Waals surface area contributed by atoms with E-state index in [9.17, 15) is 10.0 Å². The van der Waals surface area contributed by atoms with Gasteiger partial charge in [-0.15, -0.1) is 0 Å². The molecular weight excluding hydrogens is 410 g/mol. The third kappa shape index (κ3) is 4.49. The Morgan fingerprint density at radius 2 is 1.76 bits per heavy atom. The van der Waals surface area contributed by atoms with Gasteiger partial charge in [-0.25, -0.2) is 0 Å². The first-order chi connectivity index (χ1) is 15.6. The minimum absolute atomic E-state index is 0.0229. The van der Waals surface area contributed by atoms with E-state index in [1.54, 1.807) is 0 Å². The lowest BCUT2D eigenvalue weighted by Gasteiger charge is -2.61. The van der Waals surface area contributed by atoms with Gasteiger partial charge in [-0.1, -0.05) is 59.0 Å². The van der Waals surface area contributed by atoms with Crippen molar-refractivity contribution < 1.29 is 14.7 Å². The Labute approximate surface area is 202 Å². The Hall–Kier alpha value is -1.06. The van der Waals surface area contributed by atoms with Crippen LogP contribution in [0.5, 0.6) is 0 Å². The van der Waals surface area contributed by atoms with Crippen LogP contribution in [-0.4, -0.2) is 23.0 Å². The van der Waals surface area contributed by atoms with E-state index in [0.717, 1.165) is 55.1 Å². The molecule has 0 aromatic carbocycles. The van der Waals surface area contributed by atoms with Crippen molar-refractivity contribution in [2.75, 3.05) is 0 Å². The van der Waals surface area contributed by atoms with Gasteiger partial charge in [0.2, 0.25) is 0 Å². The zero-order chi connectivity index (χ0) is 24.0. The van der Waals surface area contributed by atoms with Crippen LogP contribution < -0.4 is 0 Å². The van der Waals surface area contributed by atoms with Gasteiger partial charge in [0.15, 0.2) is 0 Å². The molecule has 0 radical (unpaired) electrons. The van der Waals surface area contributed by atoms with Crippen molar-refractivity contribution in [3.63, 3.8) is 0 Å². The van der Waals surface area contributed by atoms with Crippen LogP contribution in [0.3, 0.4) is 0 Å². The summed E-state index contributed by atoms with van der Waals surface area (Å²) in [4.78, 5) is 11.6. The van der Waals surface area contributed by atoms with Crippen molar-refractivity contribution in [2.24, 2.45) is 57.4 Å². The van der Waals surface area contributed by atoms with Crippen LogP contribution in [0.4, 0.5) is 0 Å². The second-order valence-electron chi connectivity index (χ2n) is 13.3. The Morgan fingerprint density at radius 3 is 2.42 bits per heavy atom. The van der Waals surface area contributed by atoms with Crippen LogP contribution in [-0.2, 0) is 9.53 Å². The normalized spacial score (nSPS) is 44.8. The molecule has 0 saturated heterocycles. The molecule has 1 N–H and O–H groups in total. The number of esters is 1. The van der Waals surface area contributed by atoms with Crippen LogP contribution >= 0.6 is 0 Å². The Kier molecular flexibility index (Phi) is 7.23. The minimum atomic E-state index is -0.187. The summed E-state index contributed by atoms with van der Waals surface area (Å²) in [7, 11) is 0. The van der Waals surface area contributed by atoms with Gasteiger partial charge in [-0.2, -0.15) is 0 Å². The highest BCUT2D eigenvalue weighted by Gasteiger charge is 2.62. The summed E-state index contributed by atoms with van der Waals surface area (Å²) in [6, 6.07) is 0. The van der Waals surface area contributed by atoms with Crippen molar-refractivity contribution in [3.8, 4) is 0 Å². The van der Waals surface area contributed by atoms with E-state index in [0.29, 0.717) is 17.3 Å². The lowest BCUT2D eigenvalue weighted by Crippen LogP contribution is -2.57. The van der Waals surface area contributed by atoms with Crippen LogP contribution in [0.25, 0.3) is 0 Å². The fraction of sp³-hybridized carbons (Fsp3) is 0.931. The number of hydrogen-bond acceptors (Lipinski definition) is 4. The lowest BCUT2D eigenvalue weighted by molar-refractivity contribution is -0.153. The van der Waals surface area contributed by atoms with Gasteiger partial charge in [0, 0.05) is 12.8 Å². The molecule has 4 heteroatoms. The molecule has 0 aromatic rings. The second-order valence-corrected chi connectivity index (χ2v) is 13.3. The summed E-state index contributed by atoms with van der Waals surface area (Å²) in [6.07, 6.45) is 13.3. The van der Waals surface area contributed by atoms with Crippen molar-refractivity contribution in [1.29, 1.82) is 0 Å². The molecule has 0 aromatic heterocycles. The van der Waals surface area contributed by atoms with Gasteiger partial charge in [-0.3, -0.25) is 4.79 Å². The largest absolute Gasteiger partial charge is 0.463 e. The van der Waals surface area contributed by atoms with E-state index in [4.69, 9.17) is 4.74 Å². The number of ether oxygens (including phenoxy) is 1. The predicted octanol–water partition coefficient (Wildman–Crippen LogP) is 7.48. The molecule has 0 spiro atoms. The van der Waals surface area contributed by atoms with Gasteiger partial charge < -0.3 is 9.94 Å². The van der Waals surface area contributed by atoms with Gasteiger partial charge >= 0.3 is 5.97 Å². The molecule has 4 nitrogen and oxygen atoms in total. The number of rotatable bonds is 6. The highest BCUT2D eigenvalue weighted by Crippen LogP contribution is 2.68. The van der Waals surface area contributed by atoms with E-state index in [1.165, 1.54) is 51.9 Å². The maximum atomic E-state index is 11.6. The molecule has 188 valence electrons. The molecule has 0 unspecified atom stereocenters. The van der Waals surface area contributed by atoms with E-state index < -0.39 is 0 Å². The molecule has 0 heterocycles. The molecule has 33 heavy (non-hydrogen) atoms. The highest BCUT2D eigenvalue weighted by molar-refractivity contribution is 5.88. The van der Waals surface area contributed by atoms with Gasteiger partial charge in [0.05, 0.1) is 5.71 Å². The monoisotopic (exact) mass is 459 g/mol. The van der Waals surface area contributed by atoms with Gasteiger partial charge in [-0.05, 0) is 97.7 Å². The summed E-state index contributed by atoms with van der Waals surface area (Å²) in [6.45, 7) is 13.8. The Morgan fingerprint density at radius 1 is 1.06 bits per heavy atom. The summed E-state index contributed by atoms with van der Waals surface area (Å²) >= 11 is 0. The standard InChI is InChI=1S/C29H49NO3/c1-18(2)8-7-9-19(3)23-10-11-24-22-17-27(30-32)26-16-21(33-20(4)31)12-14-29(26,6)25(22)13-15-28(23,24)5/h18-19,21-26,32H,7-17H2,1-6H3/b30-27-/t19-,21+,22+,23-,24+,25+,26-,28-,29-/m1/s1. The summed E-state index contributed by atoms with van der Waals surface area (Å²) < 4.78 is 5.61. The van der Waals surface area contributed by atoms with Crippen molar-refractivity contribution >= 4 is 11.7 Å². The highest BCUT2D eigenvalue weighted by atomic mass is 16.5. The number of carbonyl (C=O) groups is 1. The summed E-state index contributed by atoms with van der Waals surface area (Å²) in [5.41, 5.74) is 1.61. The minimum Gasteiger partial charge on any atom is -0.463 e. The first-order valence-corrected chi connectivity index (χ1v) is 14.0. The Balaban J connectivity index is 1.51. The molecule has 0 bridgehead atoms. The van der Waals surface area contributed by atoms with Crippen molar-refractivity contribution in [1.82, 2.24) is 0 Å². The maximum Gasteiger partial charge on any atom is 0.302 e. The summed E-state index contributed by atoms with van der Waals surface area (Å²) in [5.74, 6) is 4.64. The number of hydrogen-bond donors (Lipinski definition) is 1. The zero-order valence-corrected chi connectivity index (χ0v) is 22.1. The van der Waals surface area contributed by atoms with Crippen LogP contribution in [0.1, 0.15) is 112 Å². The average molecular weight is 460 g/mol. The van der Waals surface area contributed by atoms with Gasteiger partial charge in [0.1, 0.15) is 6.10 Å². The molecule has 4 aliphatic rings. The first-order valence-electron chi connectivity index (χ1n) is 14.0. The molecule has 4 rings (SSSR count). The van der Waals surface area contributed by atoms with E-state index in [2.05, 4.69) is 39.8 Å². The topological polar surface area (TPSA) is 58.9 Å². The van der Waals surface area contributed by atoms with E-state index in [1.807, 2.05) is 0 Å². The number of carbonyl (C=O) groups excluding carboxylic acids is 1. The van der Waals surface area contributed by atoms with Crippen LogP contribution in [0, 0.1) is 52.3 Å². The zero-order valence-electron chi connectivity index (χ0n) is 22.1. The first kappa shape index (κ1) is 25.0. The Bertz CT molecular complexity index is 747. The van der Waals surface area contributed by atoms with Crippen LogP contribution in [0.2, 0.25) is 0 Å². The van der Waals surface area contributed by atoms with E-state index in [-0.39, 0.29) is 23.4 Å². The van der Waals surface area contributed by atoms with Gasteiger partial charge in [0.25, 0.3) is 0 Å². The smallest absolute Gasteiger partial charge is 0.302 e. The quantitative estimate of drug-likeness (QED) is 0.254.